The quantitative estimate of drug-likeness (QED) is 0.683. The van der Waals surface area contributed by atoms with Crippen LogP contribution in [0.5, 0.6) is 11.5 Å². The van der Waals surface area contributed by atoms with Crippen LogP contribution in [-0.2, 0) is 13.2 Å². The molecule has 0 aliphatic rings. The minimum absolute atomic E-state index is 0.519. The molecule has 6 nitrogen and oxygen atoms in total. The Kier molecular flexibility index (Phi) is 5.51. The first-order valence-corrected chi connectivity index (χ1v) is 8.28. The minimum Gasteiger partial charge on any atom is -0.490 e. The first-order chi connectivity index (χ1) is 12.3. The lowest BCUT2D eigenvalue weighted by molar-refractivity contribution is 0.268. The Bertz CT molecular complexity index is 803. The predicted octanol–water partition coefficient (Wildman–Crippen LogP) is 3.31. The molecule has 1 heterocycles. The van der Waals surface area contributed by atoms with Gasteiger partial charge in [0.25, 0.3) is 0 Å². The smallest absolute Gasteiger partial charge is 0.161 e. The van der Waals surface area contributed by atoms with Gasteiger partial charge in [0.1, 0.15) is 19.3 Å². The highest BCUT2D eigenvalue weighted by Crippen LogP contribution is 2.29. The molecule has 0 aliphatic heterocycles. The number of aromatic nitrogens is 3. The summed E-state index contributed by atoms with van der Waals surface area (Å²) in [5, 5.41) is 7.52. The van der Waals surface area contributed by atoms with Crippen molar-refractivity contribution in [2.45, 2.75) is 27.0 Å². The molecule has 0 radical (unpaired) electrons. The molecule has 0 spiro atoms. The largest absolute Gasteiger partial charge is 0.490 e. The van der Waals surface area contributed by atoms with Crippen LogP contribution in [0.3, 0.4) is 0 Å². The van der Waals surface area contributed by atoms with E-state index in [4.69, 9.17) is 9.47 Å². The molecular weight excluding hydrogens is 316 g/mol. The van der Waals surface area contributed by atoms with Gasteiger partial charge in [-0.3, -0.25) is 0 Å². The van der Waals surface area contributed by atoms with Crippen LogP contribution in [0.2, 0.25) is 0 Å². The zero-order chi connectivity index (χ0) is 17.5. The zero-order valence-corrected chi connectivity index (χ0v) is 14.5. The predicted molar refractivity (Wildman–Crippen MR) is 96.2 cm³/mol. The number of hydrogen-bond donors (Lipinski definition) is 1. The molecule has 3 rings (SSSR count). The summed E-state index contributed by atoms with van der Waals surface area (Å²) < 4.78 is 13.5. The van der Waals surface area contributed by atoms with Crippen LogP contribution >= 0.6 is 0 Å². The van der Waals surface area contributed by atoms with Crippen molar-refractivity contribution in [2.24, 2.45) is 0 Å². The van der Waals surface area contributed by atoms with Gasteiger partial charge < -0.3 is 14.9 Å². The number of benzene rings is 2. The highest BCUT2D eigenvalue weighted by atomic mass is 16.5. The fraction of sp³-hybridized carbons (Fsp3) is 0.263. The summed E-state index contributed by atoms with van der Waals surface area (Å²) in [7, 11) is 0. The van der Waals surface area contributed by atoms with Gasteiger partial charge in [0.05, 0.1) is 13.2 Å². The average molecular weight is 338 g/mol. The number of nitrogens with one attached hydrogen (secondary N) is 1. The molecule has 0 atom stereocenters. The summed E-state index contributed by atoms with van der Waals surface area (Å²) in [6.07, 6.45) is 3.23. The van der Waals surface area contributed by atoms with Crippen molar-refractivity contribution >= 4 is 0 Å². The van der Waals surface area contributed by atoms with Crippen molar-refractivity contribution in [2.75, 3.05) is 12.0 Å². The van der Waals surface area contributed by atoms with E-state index in [-0.39, 0.29) is 0 Å². The Hall–Kier alpha value is -3.02. The van der Waals surface area contributed by atoms with E-state index in [2.05, 4.69) is 34.7 Å². The fourth-order valence-corrected chi connectivity index (χ4v) is 2.44. The third-order valence-electron chi connectivity index (χ3n) is 3.84. The number of aryl methyl sites for hydroxylation is 1. The molecule has 0 bridgehead atoms. The van der Waals surface area contributed by atoms with Crippen LogP contribution < -0.4 is 14.9 Å². The SMILES string of the molecule is CCOc1cc(CNn2cnnc2)ccc1OCc1ccccc1C. The summed E-state index contributed by atoms with van der Waals surface area (Å²) in [5.74, 6) is 1.50. The Morgan fingerprint density at radius 1 is 1.00 bits per heavy atom. The van der Waals surface area contributed by atoms with Crippen LogP contribution in [0.15, 0.2) is 55.1 Å². The third kappa shape index (κ3) is 4.50. The maximum Gasteiger partial charge on any atom is 0.161 e. The van der Waals surface area contributed by atoms with Crippen LogP contribution in [0, 0.1) is 6.92 Å². The maximum atomic E-state index is 5.99. The van der Waals surface area contributed by atoms with E-state index >= 15 is 0 Å². The van der Waals surface area contributed by atoms with Crippen molar-refractivity contribution in [3.8, 4) is 11.5 Å². The van der Waals surface area contributed by atoms with Crippen LogP contribution in [0.1, 0.15) is 23.6 Å². The van der Waals surface area contributed by atoms with Gasteiger partial charge in [0, 0.05) is 0 Å². The van der Waals surface area contributed by atoms with Crippen molar-refractivity contribution < 1.29 is 9.47 Å². The van der Waals surface area contributed by atoms with Crippen LogP contribution in [-0.4, -0.2) is 21.5 Å². The van der Waals surface area contributed by atoms with Crippen molar-refractivity contribution in [1.82, 2.24) is 14.9 Å². The topological polar surface area (TPSA) is 61.2 Å². The fourth-order valence-electron chi connectivity index (χ4n) is 2.44. The number of hydrogen-bond acceptors (Lipinski definition) is 5. The van der Waals surface area contributed by atoms with Gasteiger partial charge in [-0.2, -0.15) is 0 Å². The second kappa shape index (κ2) is 8.19. The van der Waals surface area contributed by atoms with Gasteiger partial charge in [0.2, 0.25) is 0 Å². The summed E-state index contributed by atoms with van der Waals surface area (Å²) >= 11 is 0. The van der Waals surface area contributed by atoms with Crippen LogP contribution in [0.4, 0.5) is 0 Å². The lowest BCUT2D eigenvalue weighted by Crippen LogP contribution is -2.12. The molecular formula is C19H22N4O2. The van der Waals surface area contributed by atoms with Gasteiger partial charge in [-0.15, -0.1) is 10.2 Å². The third-order valence-corrected chi connectivity index (χ3v) is 3.84. The molecule has 130 valence electrons. The molecule has 25 heavy (non-hydrogen) atoms. The van der Waals surface area contributed by atoms with E-state index < -0.39 is 0 Å². The number of ether oxygens (including phenoxy) is 2. The van der Waals surface area contributed by atoms with Gasteiger partial charge in [-0.25, -0.2) is 4.68 Å². The summed E-state index contributed by atoms with van der Waals surface area (Å²) in [5.41, 5.74) is 6.66. The lowest BCUT2D eigenvalue weighted by Gasteiger charge is -2.15. The zero-order valence-electron chi connectivity index (χ0n) is 14.5. The second-order valence-corrected chi connectivity index (χ2v) is 5.63. The van der Waals surface area contributed by atoms with E-state index in [0.717, 1.165) is 17.1 Å². The van der Waals surface area contributed by atoms with Crippen molar-refractivity contribution in [3.05, 3.63) is 71.8 Å². The summed E-state index contributed by atoms with van der Waals surface area (Å²) in [6.45, 7) is 5.79. The molecule has 6 heteroatoms. The average Bonchev–Trinajstić information content (AvgIpc) is 3.14. The van der Waals surface area contributed by atoms with Crippen LogP contribution in [0.25, 0.3) is 0 Å². The molecule has 0 unspecified atom stereocenters. The Labute approximate surface area is 147 Å². The van der Waals surface area contributed by atoms with Gasteiger partial charge >= 0.3 is 0 Å². The van der Waals surface area contributed by atoms with Gasteiger partial charge in [-0.05, 0) is 42.7 Å². The van der Waals surface area contributed by atoms with Gasteiger partial charge in [-0.1, -0.05) is 30.3 Å². The highest BCUT2D eigenvalue weighted by Gasteiger charge is 2.08. The van der Waals surface area contributed by atoms with Crippen molar-refractivity contribution in [3.63, 3.8) is 0 Å². The van der Waals surface area contributed by atoms with Crippen molar-refractivity contribution in [1.29, 1.82) is 0 Å². The van der Waals surface area contributed by atoms with E-state index in [1.165, 1.54) is 11.1 Å². The summed E-state index contributed by atoms with van der Waals surface area (Å²) in [4.78, 5) is 0. The Balaban J connectivity index is 1.69. The summed E-state index contributed by atoms with van der Waals surface area (Å²) in [6, 6.07) is 14.2. The number of nitrogens with zero attached hydrogens (tertiary/aromatic N) is 3. The van der Waals surface area contributed by atoms with E-state index in [1.807, 2.05) is 37.3 Å². The Morgan fingerprint density at radius 3 is 2.56 bits per heavy atom. The van der Waals surface area contributed by atoms with E-state index in [9.17, 15) is 0 Å². The molecule has 1 aromatic heterocycles. The lowest BCUT2D eigenvalue weighted by atomic mass is 10.1. The normalized spacial score (nSPS) is 10.5. The first-order valence-electron chi connectivity index (χ1n) is 8.28. The molecule has 0 aliphatic carbocycles. The molecule has 0 saturated carbocycles. The highest BCUT2D eigenvalue weighted by molar-refractivity contribution is 5.43. The standard InChI is InChI=1S/C19H22N4O2/c1-3-24-19-10-16(11-22-23-13-20-21-14-23)8-9-18(19)25-12-17-7-5-4-6-15(17)2/h4-10,13-14,22H,3,11-12H2,1-2H3. The second-order valence-electron chi connectivity index (χ2n) is 5.63. The molecule has 0 amide bonds. The maximum absolute atomic E-state index is 5.99. The van der Waals surface area contributed by atoms with E-state index in [0.29, 0.717) is 19.8 Å². The Morgan fingerprint density at radius 2 is 1.80 bits per heavy atom. The number of rotatable bonds is 8. The molecule has 0 saturated heterocycles. The van der Waals surface area contributed by atoms with E-state index in [1.54, 1.807) is 17.3 Å². The molecule has 1 N–H and O–H groups in total. The molecule has 3 aromatic rings. The first kappa shape index (κ1) is 16.8. The molecule has 2 aromatic carbocycles. The monoisotopic (exact) mass is 338 g/mol. The van der Waals surface area contributed by atoms with Gasteiger partial charge in [0.15, 0.2) is 11.5 Å². The molecule has 0 fully saturated rings. The minimum atomic E-state index is 0.519.